The molecule has 1 unspecified atom stereocenters. The van der Waals surface area contributed by atoms with Crippen molar-refractivity contribution in [2.45, 2.75) is 52.0 Å². The molecule has 96 valence electrons. The van der Waals surface area contributed by atoms with Gasteiger partial charge in [-0.25, -0.2) is 0 Å². The molecule has 0 aromatic carbocycles. The molecule has 1 fully saturated rings. The maximum atomic E-state index is 11.5. The number of hydrogen-bond acceptors (Lipinski definition) is 2. The third-order valence-electron chi connectivity index (χ3n) is 2.87. The molecule has 0 bridgehead atoms. The first-order valence-electron chi connectivity index (χ1n) is 6.18. The van der Waals surface area contributed by atoms with E-state index in [2.05, 4.69) is 24.5 Å². The van der Waals surface area contributed by atoms with Crippen molar-refractivity contribution in [2.75, 3.05) is 13.1 Å². The highest BCUT2D eigenvalue weighted by atomic mass is 35.5. The smallest absolute Gasteiger partial charge is 0.221 e. The van der Waals surface area contributed by atoms with Gasteiger partial charge in [-0.3, -0.25) is 4.79 Å². The van der Waals surface area contributed by atoms with Gasteiger partial charge < -0.3 is 10.6 Å². The van der Waals surface area contributed by atoms with Crippen LogP contribution in [0.3, 0.4) is 0 Å². The molecule has 1 aliphatic rings. The van der Waals surface area contributed by atoms with Crippen LogP contribution in [-0.2, 0) is 4.79 Å². The largest absolute Gasteiger partial charge is 0.356 e. The van der Waals surface area contributed by atoms with Crippen LogP contribution in [0, 0.1) is 5.92 Å². The van der Waals surface area contributed by atoms with Crippen LogP contribution in [0.5, 0.6) is 0 Å². The van der Waals surface area contributed by atoms with Gasteiger partial charge in [-0.2, -0.15) is 0 Å². The highest BCUT2D eigenvalue weighted by molar-refractivity contribution is 5.85. The minimum Gasteiger partial charge on any atom is -0.356 e. The van der Waals surface area contributed by atoms with Crippen molar-refractivity contribution >= 4 is 18.3 Å². The molecule has 3 nitrogen and oxygen atoms in total. The van der Waals surface area contributed by atoms with Crippen molar-refractivity contribution in [3.05, 3.63) is 0 Å². The summed E-state index contributed by atoms with van der Waals surface area (Å²) >= 11 is 0. The van der Waals surface area contributed by atoms with Gasteiger partial charge in [0, 0.05) is 19.0 Å². The highest BCUT2D eigenvalue weighted by Gasteiger charge is 2.16. The van der Waals surface area contributed by atoms with Crippen LogP contribution in [0.25, 0.3) is 0 Å². The van der Waals surface area contributed by atoms with E-state index in [4.69, 9.17) is 0 Å². The summed E-state index contributed by atoms with van der Waals surface area (Å²) in [5.41, 5.74) is 0. The molecule has 1 heterocycles. The Kier molecular flexibility index (Phi) is 8.67. The van der Waals surface area contributed by atoms with Crippen molar-refractivity contribution in [2.24, 2.45) is 5.92 Å². The average Bonchev–Trinajstić information content (AvgIpc) is 2.64. The molecular weight excluding hydrogens is 224 g/mol. The third-order valence-corrected chi connectivity index (χ3v) is 2.87. The Morgan fingerprint density at radius 1 is 1.50 bits per heavy atom. The Morgan fingerprint density at radius 2 is 2.25 bits per heavy atom. The number of carbonyl (C=O) groups excluding carboxylic acids is 1. The summed E-state index contributed by atoms with van der Waals surface area (Å²) in [5.74, 6) is 0.941. The van der Waals surface area contributed by atoms with Gasteiger partial charge in [-0.1, -0.05) is 13.8 Å². The fraction of sp³-hybridized carbons (Fsp3) is 0.917. The van der Waals surface area contributed by atoms with E-state index >= 15 is 0 Å². The molecule has 1 aliphatic heterocycles. The standard InChI is InChI=1S/C12H24N2O.ClH/c1-10(2)5-3-8-14-12(15)9-11-6-4-7-13-11;/h10-11,13H,3-9H2,1-2H3,(H,14,15);1H. The summed E-state index contributed by atoms with van der Waals surface area (Å²) in [6.07, 6.45) is 5.32. The Labute approximate surface area is 105 Å². The van der Waals surface area contributed by atoms with Gasteiger partial charge in [0.2, 0.25) is 5.91 Å². The predicted octanol–water partition coefficient (Wildman–Crippen LogP) is 2.10. The third kappa shape index (κ3) is 7.07. The van der Waals surface area contributed by atoms with Crippen LogP contribution in [0.4, 0.5) is 0 Å². The Bertz CT molecular complexity index is 191. The molecule has 0 aliphatic carbocycles. The summed E-state index contributed by atoms with van der Waals surface area (Å²) < 4.78 is 0. The lowest BCUT2D eigenvalue weighted by atomic mass is 10.1. The van der Waals surface area contributed by atoms with Crippen molar-refractivity contribution in [1.82, 2.24) is 10.6 Å². The Balaban J connectivity index is 0.00000225. The molecule has 0 spiro atoms. The van der Waals surface area contributed by atoms with E-state index in [1.165, 1.54) is 12.8 Å². The van der Waals surface area contributed by atoms with Crippen LogP contribution in [0.15, 0.2) is 0 Å². The molecule has 0 radical (unpaired) electrons. The van der Waals surface area contributed by atoms with Gasteiger partial charge in [0.25, 0.3) is 0 Å². The molecule has 1 atom stereocenters. The minimum absolute atomic E-state index is 0. The van der Waals surface area contributed by atoms with Crippen LogP contribution in [-0.4, -0.2) is 25.0 Å². The number of rotatable bonds is 6. The SMILES string of the molecule is CC(C)CCCNC(=O)CC1CCCN1.Cl. The molecule has 16 heavy (non-hydrogen) atoms. The van der Waals surface area contributed by atoms with Gasteiger partial charge in [-0.05, 0) is 38.1 Å². The molecule has 0 aromatic heterocycles. The molecule has 2 N–H and O–H groups in total. The number of halogens is 1. The van der Waals surface area contributed by atoms with E-state index in [0.29, 0.717) is 12.5 Å². The molecule has 0 aromatic rings. The van der Waals surface area contributed by atoms with Crippen LogP contribution in [0.2, 0.25) is 0 Å². The second kappa shape index (κ2) is 8.82. The first kappa shape index (κ1) is 15.7. The maximum absolute atomic E-state index is 11.5. The summed E-state index contributed by atoms with van der Waals surface area (Å²) in [7, 11) is 0. The summed E-state index contributed by atoms with van der Waals surface area (Å²) in [5, 5.41) is 6.32. The van der Waals surface area contributed by atoms with Gasteiger partial charge >= 0.3 is 0 Å². The lowest BCUT2D eigenvalue weighted by molar-refractivity contribution is -0.121. The highest BCUT2D eigenvalue weighted by Crippen LogP contribution is 2.08. The predicted molar refractivity (Wildman–Crippen MR) is 70.0 cm³/mol. The molecule has 1 saturated heterocycles. The molecular formula is C12H25ClN2O. The molecule has 4 heteroatoms. The summed E-state index contributed by atoms with van der Waals surface area (Å²) in [6.45, 7) is 6.34. The van der Waals surface area contributed by atoms with Gasteiger partial charge in [0.15, 0.2) is 0 Å². The lowest BCUT2D eigenvalue weighted by Crippen LogP contribution is -2.32. The first-order chi connectivity index (χ1) is 7.18. The van der Waals surface area contributed by atoms with Crippen molar-refractivity contribution in [3.63, 3.8) is 0 Å². The molecule has 1 rings (SSSR count). The number of hydrogen-bond donors (Lipinski definition) is 2. The quantitative estimate of drug-likeness (QED) is 0.707. The van der Waals surface area contributed by atoms with Crippen LogP contribution in [0.1, 0.15) is 46.0 Å². The second-order valence-electron chi connectivity index (χ2n) is 4.88. The topological polar surface area (TPSA) is 41.1 Å². The average molecular weight is 249 g/mol. The Hall–Kier alpha value is -0.280. The van der Waals surface area contributed by atoms with Gasteiger partial charge in [0.05, 0.1) is 0 Å². The van der Waals surface area contributed by atoms with Crippen LogP contribution >= 0.6 is 12.4 Å². The molecule has 0 saturated carbocycles. The van der Waals surface area contributed by atoms with Crippen molar-refractivity contribution < 1.29 is 4.79 Å². The van der Waals surface area contributed by atoms with Gasteiger partial charge in [0.1, 0.15) is 0 Å². The van der Waals surface area contributed by atoms with Crippen molar-refractivity contribution in [1.29, 1.82) is 0 Å². The zero-order chi connectivity index (χ0) is 11.1. The van der Waals surface area contributed by atoms with E-state index < -0.39 is 0 Å². The van der Waals surface area contributed by atoms with E-state index in [-0.39, 0.29) is 18.3 Å². The second-order valence-corrected chi connectivity index (χ2v) is 4.88. The summed E-state index contributed by atoms with van der Waals surface area (Å²) in [4.78, 5) is 11.5. The van der Waals surface area contributed by atoms with E-state index in [1.54, 1.807) is 0 Å². The number of carbonyl (C=O) groups is 1. The fourth-order valence-corrected chi connectivity index (χ4v) is 1.97. The Morgan fingerprint density at radius 3 is 2.81 bits per heavy atom. The first-order valence-corrected chi connectivity index (χ1v) is 6.18. The minimum atomic E-state index is 0. The van der Waals surface area contributed by atoms with Crippen LogP contribution < -0.4 is 10.6 Å². The normalized spacial score (nSPS) is 19.6. The van der Waals surface area contributed by atoms with Gasteiger partial charge in [-0.15, -0.1) is 12.4 Å². The maximum Gasteiger partial charge on any atom is 0.221 e. The zero-order valence-corrected chi connectivity index (χ0v) is 11.2. The van der Waals surface area contributed by atoms with E-state index in [0.717, 1.165) is 31.8 Å². The lowest BCUT2D eigenvalue weighted by Gasteiger charge is -2.10. The van der Waals surface area contributed by atoms with E-state index in [9.17, 15) is 4.79 Å². The van der Waals surface area contributed by atoms with E-state index in [1.807, 2.05) is 0 Å². The number of amides is 1. The molecule has 1 amide bonds. The zero-order valence-electron chi connectivity index (χ0n) is 10.4. The number of nitrogens with one attached hydrogen (secondary N) is 2. The van der Waals surface area contributed by atoms with Crippen molar-refractivity contribution in [3.8, 4) is 0 Å². The fourth-order valence-electron chi connectivity index (χ4n) is 1.97. The monoisotopic (exact) mass is 248 g/mol. The summed E-state index contributed by atoms with van der Waals surface area (Å²) in [6, 6.07) is 0.426.